The van der Waals surface area contributed by atoms with Gasteiger partial charge in [-0.15, -0.1) is 30.3 Å². The Balaban J connectivity index is 0.00000220. The Bertz CT molecular complexity index is 458. The standard InChI is InChI=1S/C15H21ClN2OS.ClH/c1-2-10-18(11-13-6-7-14(16)20-13)15(19)8-5-12-4-3-9-17-12;/h2,6-7,12,17H,1,3-5,8-11H2;1H. The zero-order valence-corrected chi connectivity index (χ0v) is 14.4. The molecule has 3 nitrogen and oxygen atoms in total. The third kappa shape index (κ3) is 5.99. The van der Waals surface area contributed by atoms with Crippen LogP contribution in [0.4, 0.5) is 0 Å². The maximum atomic E-state index is 12.3. The quantitative estimate of drug-likeness (QED) is 0.758. The van der Waals surface area contributed by atoms with Gasteiger partial charge in [0.2, 0.25) is 5.91 Å². The highest BCUT2D eigenvalue weighted by Gasteiger charge is 2.18. The van der Waals surface area contributed by atoms with Crippen LogP contribution in [0, 0.1) is 0 Å². The summed E-state index contributed by atoms with van der Waals surface area (Å²) in [6.07, 6.45) is 5.72. The summed E-state index contributed by atoms with van der Waals surface area (Å²) in [6.45, 7) is 6.04. The minimum atomic E-state index is 0. The van der Waals surface area contributed by atoms with Crippen LogP contribution in [0.1, 0.15) is 30.6 Å². The molecule has 1 unspecified atom stereocenters. The molecule has 0 bridgehead atoms. The molecule has 1 aliphatic heterocycles. The van der Waals surface area contributed by atoms with E-state index in [0.29, 0.717) is 25.6 Å². The van der Waals surface area contributed by atoms with Crippen LogP contribution in [-0.2, 0) is 11.3 Å². The Morgan fingerprint density at radius 3 is 2.95 bits per heavy atom. The number of rotatable bonds is 7. The second-order valence-corrected chi connectivity index (χ2v) is 6.90. The molecule has 2 rings (SSSR count). The van der Waals surface area contributed by atoms with E-state index < -0.39 is 0 Å². The van der Waals surface area contributed by atoms with E-state index in [2.05, 4.69) is 11.9 Å². The number of carbonyl (C=O) groups is 1. The van der Waals surface area contributed by atoms with E-state index in [-0.39, 0.29) is 18.3 Å². The fourth-order valence-corrected chi connectivity index (χ4v) is 3.60. The molecule has 0 spiro atoms. The first-order valence-electron chi connectivity index (χ1n) is 7.05. The van der Waals surface area contributed by atoms with Crippen LogP contribution in [0.2, 0.25) is 4.34 Å². The number of nitrogens with zero attached hydrogens (tertiary/aromatic N) is 1. The molecule has 1 atom stereocenters. The lowest BCUT2D eigenvalue weighted by atomic mass is 10.1. The number of hydrogen-bond donors (Lipinski definition) is 1. The number of thiophene rings is 1. The first kappa shape index (κ1) is 18.5. The van der Waals surface area contributed by atoms with E-state index in [4.69, 9.17) is 11.6 Å². The third-order valence-corrected chi connectivity index (χ3v) is 4.76. The highest BCUT2D eigenvalue weighted by atomic mass is 35.5. The van der Waals surface area contributed by atoms with E-state index >= 15 is 0 Å². The average Bonchev–Trinajstić information content (AvgIpc) is 3.07. The van der Waals surface area contributed by atoms with Crippen molar-refractivity contribution in [3.05, 3.63) is 34.0 Å². The zero-order chi connectivity index (χ0) is 14.4. The normalized spacial score (nSPS) is 17.3. The van der Waals surface area contributed by atoms with Crippen molar-refractivity contribution >= 4 is 41.3 Å². The van der Waals surface area contributed by atoms with E-state index in [9.17, 15) is 4.79 Å². The van der Waals surface area contributed by atoms with Crippen molar-refractivity contribution in [2.75, 3.05) is 13.1 Å². The maximum Gasteiger partial charge on any atom is 0.223 e. The minimum Gasteiger partial charge on any atom is -0.334 e. The van der Waals surface area contributed by atoms with E-state index in [1.165, 1.54) is 24.2 Å². The molecule has 1 aliphatic rings. The molecule has 118 valence electrons. The predicted molar refractivity (Wildman–Crippen MR) is 92.4 cm³/mol. The first-order chi connectivity index (χ1) is 9.69. The number of amides is 1. The Labute approximate surface area is 141 Å². The number of carbonyl (C=O) groups excluding carboxylic acids is 1. The van der Waals surface area contributed by atoms with Gasteiger partial charge in [0.25, 0.3) is 0 Å². The van der Waals surface area contributed by atoms with Gasteiger partial charge in [0, 0.05) is 23.9 Å². The molecular weight excluding hydrogens is 327 g/mol. The van der Waals surface area contributed by atoms with Crippen LogP contribution in [0.3, 0.4) is 0 Å². The van der Waals surface area contributed by atoms with Gasteiger partial charge in [0.15, 0.2) is 0 Å². The van der Waals surface area contributed by atoms with Gasteiger partial charge in [0.05, 0.1) is 10.9 Å². The molecule has 1 saturated heterocycles. The molecule has 21 heavy (non-hydrogen) atoms. The molecule has 0 aromatic carbocycles. The van der Waals surface area contributed by atoms with Gasteiger partial charge in [-0.25, -0.2) is 0 Å². The fourth-order valence-electron chi connectivity index (χ4n) is 2.49. The SMILES string of the molecule is C=CCN(Cc1ccc(Cl)s1)C(=O)CCC1CCCN1.Cl. The molecular formula is C15H22Cl2N2OS. The zero-order valence-electron chi connectivity index (χ0n) is 12.0. The largest absolute Gasteiger partial charge is 0.334 e. The molecule has 0 saturated carbocycles. The Morgan fingerprint density at radius 1 is 1.57 bits per heavy atom. The van der Waals surface area contributed by atoms with Gasteiger partial charge in [-0.3, -0.25) is 4.79 Å². The molecule has 2 heterocycles. The predicted octanol–water partition coefficient (Wildman–Crippen LogP) is 3.87. The summed E-state index contributed by atoms with van der Waals surface area (Å²) < 4.78 is 0.765. The van der Waals surface area contributed by atoms with E-state index in [0.717, 1.165) is 22.2 Å². The fraction of sp³-hybridized carbons (Fsp3) is 0.533. The second-order valence-electron chi connectivity index (χ2n) is 5.10. The number of nitrogens with one attached hydrogen (secondary N) is 1. The minimum absolute atomic E-state index is 0. The lowest BCUT2D eigenvalue weighted by Crippen LogP contribution is -2.32. The first-order valence-corrected chi connectivity index (χ1v) is 8.24. The third-order valence-electron chi connectivity index (χ3n) is 3.55. The Kier molecular flexibility index (Phi) is 8.34. The topological polar surface area (TPSA) is 32.3 Å². The van der Waals surface area contributed by atoms with Gasteiger partial charge in [-0.05, 0) is 37.9 Å². The lowest BCUT2D eigenvalue weighted by molar-refractivity contribution is -0.131. The maximum absolute atomic E-state index is 12.3. The highest BCUT2D eigenvalue weighted by molar-refractivity contribution is 7.16. The molecule has 0 radical (unpaired) electrons. The summed E-state index contributed by atoms with van der Waals surface area (Å²) in [5, 5.41) is 3.43. The van der Waals surface area contributed by atoms with Gasteiger partial charge < -0.3 is 10.2 Å². The van der Waals surface area contributed by atoms with Gasteiger partial charge in [-0.2, -0.15) is 0 Å². The second kappa shape index (κ2) is 9.46. The molecule has 1 fully saturated rings. The van der Waals surface area contributed by atoms with Crippen molar-refractivity contribution in [2.24, 2.45) is 0 Å². The van der Waals surface area contributed by atoms with Crippen molar-refractivity contribution in [2.45, 2.75) is 38.3 Å². The summed E-state index contributed by atoms with van der Waals surface area (Å²) >= 11 is 7.46. The van der Waals surface area contributed by atoms with Crippen molar-refractivity contribution in [3.8, 4) is 0 Å². The monoisotopic (exact) mass is 348 g/mol. The van der Waals surface area contributed by atoms with Gasteiger partial charge in [-0.1, -0.05) is 17.7 Å². The summed E-state index contributed by atoms with van der Waals surface area (Å²) in [5.74, 6) is 0.197. The number of halogens is 2. The Morgan fingerprint density at radius 2 is 2.38 bits per heavy atom. The smallest absolute Gasteiger partial charge is 0.223 e. The van der Waals surface area contributed by atoms with Crippen molar-refractivity contribution < 1.29 is 4.79 Å². The lowest BCUT2D eigenvalue weighted by Gasteiger charge is -2.21. The van der Waals surface area contributed by atoms with Crippen LogP contribution >= 0.6 is 35.3 Å². The average molecular weight is 349 g/mol. The van der Waals surface area contributed by atoms with Crippen LogP contribution in [0.25, 0.3) is 0 Å². The van der Waals surface area contributed by atoms with E-state index in [1.807, 2.05) is 17.0 Å². The van der Waals surface area contributed by atoms with Crippen LogP contribution in [-0.4, -0.2) is 29.9 Å². The molecule has 1 N–H and O–H groups in total. The van der Waals surface area contributed by atoms with Crippen LogP contribution in [0.5, 0.6) is 0 Å². The van der Waals surface area contributed by atoms with Crippen LogP contribution < -0.4 is 5.32 Å². The van der Waals surface area contributed by atoms with Crippen LogP contribution in [0.15, 0.2) is 24.8 Å². The molecule has 6 heteroatoms. The number of hydrogen-bond acceptors (Lipinski definition) is 3. The molecule has 1 amide bonds. The molecule has 1 aromatic rings. The Hall–Kier alpha value is -0.550. The van der Waals surface area contributed by atoms with Crippen molar-refractivity contribution in [1.82, 2.24) is 10.2 Å². The summed E-state index contributed by atoms with van der Waals surface area (Å²) in [5.41, 5.74) is 0. The summed E-state index contributed by atoms with van der Waals surface area (Å²) in [4.78, 5) is 15.3. The summed E-state index contributed by atoms with van der Waals surface area (Å²) in [7, 11) is 0. The molecule has 1 aromatic heterocycles. The van der Waals surface area contributed by atoms with E-state index in [1.54, 1.807) is 6.08 Å². The molecule has 0 aliphatic carbocycles. The summed E-state index contributed by atoms with van der Waals surface area (Å²) in [6, 6.07) is 4.37. The highest BCUT2D eigenvalue weighted by Crippen LogP contribution is 2.23. The van der Waals surface area contributed by atoms with Crippen molar-refractivity contribution in [1.29, 1.82) is 0 Å². The van der Waals surface area contributed by atoms with Gasteiger partial charge in [0.1, 0.15) is 0 Å². The van der Waals surface area contributed by atoms with Crippen molar-refractivity contribution in [3.63, 3.8) is 0 Å². The van der Waals surface area contributed by atoms with Gasteiger partial charge >= 0.3 is 0 Å².